The van der Waals surface area contributed by atoms with Gasteiger partial charge in [0, 0.05) is 24.8 Å². The third kappa shape index (κ3) is 4.24. The van der Waals surface area contributed by atoms with Crippen molar-refractivity contribution in [2.24, 2.45) is 13.0 Å². The standard InChI is InChI=1S/C16H17N5OS/c1-21-15(13-6-3-7-14(9-13)22-2)19-20-16(21)23-11-12(10-18)5-4-8-17/h3,6-7,9,12H,4-5,11H2,1-2H3. The monoisotopic (exact) mass is 327 g/mol. The fourth-order valence-corrected chi connectivity index (χ4v) is 3.02. The van der Waals surface area contributed by atoms with Crippen LogP contribution in [0.5, 0.6) is 5.75 Å². The summed E-state index contributed by atoms with van der Waals surface area (Å²) in [4.78, 5) is 0. The van der Waals surface area contributed by atoms with Crippen LogP contribution < -0.4 is 4.74 Å². The molecule has 6 nitrogen and oxygen atoms in total. The van der Waals surface area contributed by atoms with Gasteiger partial charge in [-0.15, -0.1) is 10.2 Å². The van der Waals surface area contributed by atoms with E-state index in [2.05, 4.69) is 22.3 Å². The molecule has 0 amide bonds. The molecule has 0 fully saturated rings. The fourth-order valence-electron chi connectivity index (χ4n) is 2.05. The van der Waals surface area contributed by atoms with Gasteiger partial charge >= 0.3 is 0 Å². The summed E-state index contributed by atoms with van der Waals surface area (Å²) in [6, 6.07) is 11.9. The Kier molecular flexibility index (Phi) is 6.02. The molecule has 0 saturated carbocycles. The van der Waals surface area contributed by atoms with Gasteiger partial charge in [-0.1, -0.05) is 23.9 Å². The number of aromatic nitrogens is 3. The second-order valence-electron chi connectivity index (χ2n) is 4.93. The van der Waals surface area contributed by atoms with E-state index < -0.39 is 0 Å². The van der Waals surface area contributed by atoms with Crippen molar-refractivity contribution in [1.82, 2.24) is 14.8 Å². The summed E-state index contributed by atoms with van der Waals surface area (Å²) in [7, 11) is 3.52. The topological polar surface area (TPSA) is 87.5 Å². The number of benzene rings is 1. The van der Waals surface area contributed by atoms with Gasteiger partial charge in [-0.3, -0.25) is 0 Å². The smallest absolute Gasteiger partial charge is 0.191 e. The SMILES string of the molecule is COc1cccc(-c2nnc(SCC(C#N)CCC#N)n2C)c1. The van der Waals surface area contributed by atoms with E-state index in [-0.39, 0.29) is 5.92 Å². The highest BCUT2D eigenvalue weighted by atomic mass is 32.2. The Morgan fingerprint density at radius 3 is 2.87 bits per heavy atom. The number of hydrogen-bond acceptors (Lipinski definition) is 6. The van der Waals surface area contributed by atoms with Gasteiger partial charge in [0.25, 0.3) is 0 Å². The predicted octanol–water partition coefficient (Wildman–Crippen LogP) is 3.03. The van der Waals surface area contributed by atoms with Crippen molar-refractivity contribution in [3.05, 3.63) is 24.3 Å². The first-order chi connectivity index (χ1) is 11.2. The molecule has 23 heavy (non-hydrogen) atoms. The van der Waals surface area contributed by atoms with Gasteiger partial charge in [0.05, 0.1) is 25.2 Å². The second-order valence-corrected chi connectivity index (χ2v) is 5.92. The summed E-state index contributed by atoms with van der Waals surface area (Å²) in [5.74, 6) is 1.96. The Morgan fingerprint density at radius 1 is 1.35 bits per heavy atom. The van der Waals surface area contributed by atoms with Crippen LogP contribution in [0.3, 0.4) is 0 Å². The average Bonchev–Trinajstić information content (AvgIpc) is 2.96. The number of methoxy groups -OCH3 is 1. The summed E-state index contributed by atoms with van der Waals surface area (Å²) in [6.07, 6.45) is 0.979. The van der Waals surface area contributed by atoms with Crippen LogP contribution in [0.15, 0.2) is 29.4 Å². The van der Waals surface area contributed by atoms with E-state index >= 15 is 0 Å². The number of rotatable bonds is 7. The summed E-state index contributed by atoms with van der Waals surface area (Å²) in [5.41, 5.74) is 0.924. The summed E-state index contributed by atoms with van der Waals surface area (Å²) < 4.78 is 7.13. The zero-order valence-electron chi connectivity index (χ0n) is 13.1. The molecule has 0 bridgehead atoms. The molecule has 0 radical (unpaired) electrons. The van der Waals surface area contributed by atoms with Crippen LogP contribution in [-0.4, -0.2) is 27.6 Å². The lowest BCUT2D eigenvalue weighted by Gasteiger charge is -2.07. The van der Waals surface area contributed by atoms with Gasteiger partial charge in [-0.25, -0.2) is 0 Å². The lowest BCUT2D eigenvalue weighted by Crippen LogP contribution is -2.02. The zero-order valence-corrected chi connectivity index (χ0v) is 13.9. The number of ether oxygens (including phenoxy) is 1. The number of thioether (sulfide) groups is 1. The van der Waals surface area contributed by atoms with Crippen molar-refractivity contribution in [3.8, 4) is 29.3 Å². The van der Waals surface area contributed by atoms with Gasteiger partial charge in [0.1, 0.15) is 5.75 Å². The molecule has 2 aromatic rings. The van der Waals surface area contributed by atoms with Crippen molar-refractivity contribution < 1.29 is 4.74 Å². The molecule has 0 aliphatic carbocycles. The van der Waals surface area contributed by atoms with E-state index in [1.54, 1.807) is 7.11 Å². The van der Waals surface area contributed by atoms with Crippen molar-refractivity contribution >= 4 is 11.8 Å². The van der Waals surface area contributed by atoms with Crippen molar-refractivity contribution in [2.75, 3.05) is 12.9 Å². The van der Waals surface area contributed by atoms with Gasteiger partial charge < -0.3 is 9.30 Å². The van der Waals surface area contributed by atoms with Crippen LogP contribution in [0.1, 0.15) is 12.8 Å². The van der Waals surface area contributed by atoms with Crippen LogP contribution in [-0.2, 0) is 7.05 Å². The normalized spacial score (nSPS) is 11.5. The summed E-state index contributed by atoms with van der Waals surface area (Å²) >= 11 is 1.48. The molecule has 1 aromatic carbocycles. The summed E-state index contributed by atoms with van der Waals surface area (Å²) in [5, 5.41) is 26.9. The van der Waals surface area contributed by atoms with Crippen LogP contribution >= 0.6 is 11.8 Å². The van der Waals surface area contributed by atoms with E-state index in [9.17, 15) is 0 Å². The van der Waals surface area contributed by atoms with Gasteiger partial charge in [-0.05, 0) is 18.6 Å². The maximum absolute atomic E-state index is 9.11. The maximum Gasteiger partial charge on any atom is 0.191 e. The van der Waals surface area contributed by atoms with Crippen molar-refractivity contribution in [3.63, 3.8) is 0 Å². The van der Waals surface area contributed by atoms with E-state index in [0.717, 1.165) is 22.3 Å². The lowest BCUT2D eigenvalue weighted by atomic mass is 10.1. The minimum Gasteiger partial charge on any atom is -0.497 e. The Morgan fingerprint density at radius 2 is 2.17 bits per heavy atom. The molecule has 7 heteroatoms. The third-order valence-electron chi connectivity index (χ3n) is 3.36. The molecule has 0 saturated heterocycles. The highest BCUT2D eigenvalue weighted by molar-refractivity contribution is 7.99. The minimum atomic E-state index is -0.156. The molecule has 2 rings (SSSR count). The number of nitrogens with zero attached hydrogens (tertiary/aromatic N) is 5. The second kappa shape index (κ2) is 8.21. The van der Waals surface area contributed by atoms with Crippen LogP contribution in [0.2, 0.25) is 0 Å². The van der Waals surface area contributed by atoms with Gasteiger partial charge in [0.15, 0.2) is 11.0 Å². The highest BCUT2D eigenvalue weighted by Crippen LogP contribution is 2.26. The maximum atomic E-state index is 9.11. The van der Waals surface area contributed by atoms with Crippen LogP contribution in [0.25, 0.3) is 11.4 Å². The van der Waals surface area contributed by atoms with Gasteiger partial charge in [-0.2, -0.15) is 10.5 Å². The molecule has 0 aliphatic heterocycles. The van der Waals surface area contributed by atoms with Gasteiger partial charge in [0.2, 0.25) is 0 Å². The van der Waals surface area contributed by atoms with E-state index in [0.29, 0.717) is 18.6 Å². The Labute approximate surface area is 139 Å². The molecule has 1 atom stereocenters. The first kappa shape index (κ1) is 16.9. The van der Waals surface area contributed by atoms with E-state index in [1.807, 2.05) is 35.9 Å². The largest absolute Gasteiger partial charge is 0.497 e. The van der Waals surface area contributed by atoms with Crippen LogP contribution in [0, 0.1) is 28.6 Å². The minimum absolute atomic E-state index is 0.156. The number of nitriles is 2. The Balaban J connectivity index is 2.10. The fraction of sp³-hybridized carbons (Fsp3) is 0.375. The van der Waals surface area contributed by atoms with Crippen molar-refractivity contribution in [2.45, 2.75) is 18.0 Å². The molecule has 118 valence electrons. The van der Waals surface area contributed by atoms with E-state index in [4.69, 9.17) is 15.3 Å². The first-order valence-electron chi connectivity index (χ1n) is 7.12. The van der Waals surface area contributed by atoms with E-state index in [1.165, 1.54) is 11.8 Å². The quantitative estimate of drug-likeness (QED) is 0.726. The molecule has 1 aromatic heterocycles. The predicted molar refractivity (Wildman–Crippen MR) is 87.7 cm³/mol. The molecule has 0 N–H and O–H groups in total. The molecule has 1 heterocycles. The lowest BCUT2D eigenvalue weighted by molar-refractivity contribution is 0.415. The first-order valence-corrected chi connectivity index (χ1v) is 8.11. The average molecular weight is 327 g/mol. The highest BCUT2D eigenvalue weighted by Gasteiger charge is 2.14. The Hall–Kier alpha value is -2.51. The third-order valence-corrected chi connectivity index (χ3v) is 4.55. The molecular weight excluding hydrogens is 310 g/mol. The molecule has 0 aliphatic rings. The van der Waals surface area contributed by atoms with Crippen LogP contribution in [0.4, 0.5) is 0 Å². The molecule has 0 spiro atoms. The number of hydrogen-bond donors (Lipinski definition) is 0. The molecule has 1 unspecified atom stereocenters. The zero-order chi connectivity index (χ0) is 16.7. The Bertz CT molecular complexity index is 744. The summed E-state index contributed by atoms with van der Waals surface area (Å²) in [6.45, 7) is 0. The van der Waals surface area contributed by atoms with Crippen molar-refractivity contribution in [1.29, 1.82) is 10.5 Å². The molecular formula is C16H17N5OS.